The first-order valence-corrected chi connectivity index (χ1v) is 4.68. The van der Waals surface area contributed by atoms with Crippen molar-refractivity contribution in [1.82, 2.24) is 5.32 Å². The third kappa shape index (κ3) is 4.82. The molecule has 0 aliphatic carbocycles. The van der Waals surface area contributed by atoms with E-state index in [1.54, 1.807) is 11.8 Å². The maximum absolute atomic E-state index is 4.40. The van der Waals surface area contributed by atoms with Gasteiger partial charge in [-0.1, -0.05) is 0 Å². The molecule has 1 N–H and O–H groups in total. The average molecular weight is 160 g/mol. The maximum atomic E-state index is 4.40. The van der Waals surface area contributed by atoms with Crippen molar-refractivity contribution in [3.8, 4) is 0 Å². The first-order valence-electron chi connectivity index (χ1n) is 3.46. The van der Waals surface area contributed by atoms with Crippen LogP contribution in [0.25, 0.3) is 0 Å². The highest BCUT2D eigenvalue weighted by molar-refractivity contribution is 8.13. The Balaban J connectivity index is 3.78. The monoisotopic (exact) mass is 160 g/mol. The van der Waals surface area contributed by atoms with Gasteiger partial charge in [-0.2, -0.15) is 0 Å². The van der Waals surface area contributed by atoms with Gasteiger partial charge in [-0.15, -0.1) is 11.8 Å². The molecular weight excluding hydrogens is 144 g/mol. The van der Waals surface area contributed by atoms with E-state index < -0.39 is 0 Å². The number of thioether (sulfide) groups is 1. The number of aliphatic imine (C=N–C) groups is 1. The minimum Gasteiger partial charge on any atom is -0.314 e. The van der Waals surface area contributed by atoms with Crippen molar-refractivity contribution in [3.63, 3.8) is 0 Å². The van der Waals surface area contributed by atoms with Crippen LogP contribution in [-0.2, 0) is 0 Å². The first-order chi connectivity index (χ1) is 4.70. The van der Waals surface area contributed by atoms with Crippen LogP contribution in [0, 0.1) is 0 Å². The summed E-state index contributed by atoms with van der Waals surface area (Å²) in [5.74, 6) is 0. The summed E-state index contributed by atoms with van der Waals surface area (Å²) in [6, 6.07) is 0.413. The Morgan fingerprint density at radius 2 is 2.20 bits per heavy atom. The molecule has 0 bridgehead atoms. The van der Waals surface area contributed by atoms with Gasteiger partial charge in [0.1, 0.15) is 0 Å². The van der Waals surface area contributed by atoms with Crippen LogP contribution < -0.4 is 5.32 Å². The third-order valence-corrected chi connectivity index (χ3v) is 1.69. The number of hydrogen-bond acceptors (Lipinski definition) is 3. The van der Waals surface area contributed by atoms with Crippen LogP contribution in [0.5, 0.6) is 0 Å². The summed E-state index contributed by atoms with van der Waals surface area (Å²) in [5, 5.41) is 4.25. The molecule has 0 aromatic heterocycles. The Kier molecular flexibility index (Phi) is 5.73. The first kappa shape index (κ1) is 9.98. The highest BCUT2D eigenvalue weighted by Gasteiger charge is 1.95. The van der Waals surface area contributed by atoms with Gasteiger partial charge in [0.05, 0.1) is 5.04 Å². The highest BCUT2D eigenvalue weighted by Crippen LogP contribution is 1.99. The van der Waals surface area contributed by atoms with Crippen molar-refractivity contribution in [3.05, 3.63) is 0 Å². The molecule has 0 aromatic rings. The average Bonchev–Trinajstić information content (AvgIpc) is 1.86. The van der Waals surface area contributed by atoms with Crippen molar-refractivity contribution >= 4 is 16.8 Å². The van der Waals surface area contributed by atoms with Gasteiger partial charge in [0.2, 0.25) is 0 Å². The van der Waals surface area contributed by atoms with Gasteiger partial charge in [0, 0.05) is 12.6 Å². The summed E-state index contributed by atoms with van der Waals surface area (Å²) >= 11 is 1.71. The molecular formula is C7H16N2S. The lowest BCUT2D eigenvalue weighted by atomic mass is 10.4. The second kappa shape index (κ2) is 5.74. The lowest BCUT2D eigenvalue weighted by Gasteiger charge is -2.03. The molecule has 0 saturated carbocycles. The van der Waals surface area contributed by atoms with Crippen LogP contribution in [-0.4, -0.2) is 30.9 Å². The molecule has 0 saturated heterocycles. The molecule has 0 unspecified atom stereocenters. The number of hydrogen-bond donors (Lipinski definition) is 1. The highest BCUT2D eigenvalue weighted by atomic mass is 32.2. The lowest BCUT2D eigenvalue weighted by Crippen LogP contribution is -2.16. The molecule has 0 atom stereocenters. The molecule has 0 fully saturated rings. The Morgan fingerprint density at radius 3 is 2.50 bits per heavy atom. The molecule has 0 aromatic carbocycles. The summed E-state index contributed by atoms with van der Waals surface area (Å²) < 4.78 is 0. The molecule has 0 heterocycles. The van der Waals surface area contributed by atoms with E-state index in [0.717, 1.165) is 6.54 Å². The Morgan fingerprint density at radius 1 is 1.60 bits per heavy atom. The van der Waals surface area contributed by atoms with Crippen LogP contribution in [0.2, 0.25) is 0 Å². The molecule has 0 amide bonds. The van der Waals surface area contributed by atoms with E-state index in [1.165, 1.54) is 5.04 Å². The zero-order valence-electron chi connectivity index (χ0n) is 7.14. The molecule has 0 spiro atoms. The van der Waals surface area contributed by atoms with Crippen molar-refractivity contribution in [1.29, 1.82) is 0 Å². The largest absolute Gasteiger partial charge is 0.314 e. The topological polar surface area (TPSA) is 24.4 Å². The van der Waals surface area contributed by atoms with E-state index in [0.29, 0.717) is 6.04 Å². The normalized spacial score (nSPS) is 12.7. The Labute approximate surface area is 67.5 Å². The van der Waals surface area contributed by atoms with Crippen molar-refractivity contribution < 1.29 is 0 Å². The van der Waals surface area contributed by atoms with E-state index in [4.69, 9.17) is 0 Å². The summed E-state index contributed by atoms with van der Waals surface area (Å²) in [6.07, 6.45) is 2.05. The Hall–Kier alpha value is -0.0200. The fourth-order valence-electron chi connectivity index (χ4n) is 0.610. The smallest absolute Gasteiger partial charge is 0.0814 e. The molecule has 0 aliphatic rings. The molecule has 60 valence electrons. The minimum absolute atomic E-state index is 0.413. The molecule has 10 heavy (non-hydrogen) atoms. The van der Waals surface area contributed by atoms with E-state index in [2.05, 4.69) is 30.4 Å². The summed E-state index contributed by atoms with van der Waals surface area (Å²) in [6.45, 7) is 5.07. The zero-order chi connectivity index (χ0) is 7.98. The molecule has 0 rings (SSSR count). The van der Waals surface area contributed by atoms with Gasteiger partial charge in [0.25, 0.3) is 0 Å². The second-order valence-corrected chi connectivity index (χ2v) is 3.23. The predicted molar refractivity (Wildman–Crippen MR) is 50.0 cm³/mol. The van der Waals surface area contributed by atoms with Crippen molar-refractivity contribution in [2.75, 3.05) is 19.8 Å². The van der Waals surface area contributed by atoms with Crippen molar-refractivity contribution in [2.24, 2.45) is 4.99 Å². The van der Waals surface area contributed by atoms with Crippen LogP contribution in [0.1, 0.15) is 13.8 Å². The van der Waals surface area contributed by atoms with Gasteiger partial charge in [-0.3, -0.25) is 4.99 Å². The Bertz CT molecular complexity index is 110. The third-order valence-electron chi connectivity index (χ3n) is 0.966. The van der Waals surface area contributed by atoms with Gasteiger partial charge in [-0.25, -0.2) is 0 Å². The fourth-order valence-corrected chi connectivity index (χ4v) is 1.21. The van der Waals surface area contributed by atoms with Crippen LogP contribution in [0.3, 0.4) is 0 Å². The number of rotatable bonds is 3. The SMILES string of the molecule is CNCC(=NC(C)C)SC. The number of nitrogens with one attached hydrogen (secondary N) is 1. The molecule has 2 nitrogen and oxygen atoms in total. The van der Waals surface area contributed by atoms with Gasteiger partial charge < -0.3 is 5.32 Å². The van der Waals surface area contributed by atoms with E-state index in [-0.39, 0.29) is 0 Å². The zero-order valence-corrected chi connectivity index (χ0v) is 7.96. The van der Waals surface area contributed by atoms with Gasteiger partial charge in [-0.05, 0) is 27.2 Å². The maximum Gasteiger partial charge on any atom is 0.0814 e. The van der Waals surface area contributed by atoms with E-state index in [1.807, 2.05) is 7.05 Å². The molecule has 0 aliphatic heterocycles. The van der Waals surface area contributed by atoms with Crippen LogP contribution in [0.15, 0.2) is 4.99 Å². The predicted octanol–water partition coefficient (Wildman–Crippen LogP) is 1.38. The molecule has 0 radical (unpaired) electrons. The minimum atomic E-state index is 0.413. The van der Waals surface area contributed by atoms with Gasteiger partial charge >= 0.3 is 0 Å². The molecule has 3 heteroatoms. The summed E-state index contributed by atoms with van der Waals surface area (Å²) in [4.78, 5) is 4.40. The fraction of sp³-hybridized carbons (Fsp3) is 0.857. The summed E-state index contributed by atoms with van der Waals surface area (Å²) in [5.41, 5.74) is 0. The lowest BCUT2D eigenvalue weighted by molar-refractivity contribution is 0.829. The van der Waals surface area contributed by atoms with E-state index >= 15 is 0 Å². The summed E-state index contributed by atoms with van der Waals surface area (Å²) in [7, 11) is 1.94. The van der Waals surface area contributed by atoms with Crippen molar-refractivity contribution in [2.45, 2.75) is 19.9 Å². The van der Waals surface area contributed by atoms with Gasteiger partial charge in [0.15, 0.2) is 0 Å². The second-order valence-electron chi connectivity index (χ2n) is 2.35. The van der Waals surface area contributed by atoms with Crippen LogP contribution >= 0.6 is 11.8 Å². The standard InChI is InChI=1S/C7H16N2S/c1-6(2)9-7(10-4)5-8-3/h6,8H,5H2,1-4H3. The van der Waals surface area contributed by atoms with Crippen LogP contribution in [0.4, 0.5) is 0 Å². The van der Waals surface area contributed by atoms with E-state index in [9.17, 15) is 0 Å². The number of nitrogens with zero attached hydrogens (tertiary/aromatic N) is 1. The quantitative estimate of drug-likeness (QED) is 0.498.